The van der Waals surface area contributed by atoms with E-state index in [4.69, 9.17) is 15.2 Å². The van der Waals surface area contributed by atoms with Crippen LogP contribution in [0.3, 0.4) is 0 Å². The average Bonchev–Trinajstić information content (AvgIpc) is 3.13. The number of hydrogen-bond donors (Lipinski definition) is 2. The molecular formula is C20H20N4O4. The first-order valence-corrected chi connectivity index (χ1v) is 8.35. The first-order chi connectivity index (χ1) is 13.5. The third-order valence-corrected chi connectivity index (χ3v) is 4.31. The molecule has 0 saturated heterocycles. The topological polar surface area (TPSA) is 112 Å². The van der Waals surface area contributed by atoms with Crippen LogP contribution >= 0.6 is 0 Å². The fourth-order valence-corrected chi connectivity index (χ4v) is 3.00. The summed E-state index contributed by atoms with van der Waals surface area (Å²) in [4.78, 5) is 20.0. The standard InChI is InChI=1S/C20H20N4O4/c1-22-10-13(9-21)12-4-5-16-15(6-12)23-11-24(16)14-7-17(27-2)19(20(25)26)18(8-14)28-3/h4-11H,21H2,1-3H3,(H,25,26). The lowest BCUT2D eigenvalue weighted by molar-refractivity contribution is 0.0689. The molecule has 0 bridgehead atoms. The summed E-state index contributed by atoms with van der Waals surface area (Å²) in [6.07, 6.45) is 4.83. The Labute approximate surface area is 161 Å². The number of rotatable bonds is 6. The third-order valence-electron chi connectivity index (χ3n) is 4.31. The molecule has 0 spiro atoms. The van der Waals surface area contributed by atoms with E-state index in [9.17, 15) is 9.90 Å². The smallest absolute Gasteiger partial charge is 0.343 e. The number of aromatic nitrogens is 2. The number of nitrogens with zero attached hydrogens (tertiary/aromatic N) is 3. The van der Waals surface area contributed by atoms with Crippen LogP contribution in [-0.4, -0.2) is 48.1 Å². The van der Waals surface area contributed by atoms with E-state index in [1.165, 1.54) is 20.4 Å². The normalized spacial score (nSPS) is 11.9. The maximum atomic E-state index is 11.5. The highest BCUT2D eigenvalue weighted by Gasteiger charge is 2.20. The number of aromatic carboxylic acids is 1. The molecule has 0 unspecified atom stereocenters. The summed E-state index contributed by atoms with van der Waals surface area (Å²) in [7, 11) is 4.51. The lowest BCUT2D eigenvalue weighted by atomic mass is 10.1. The van der Waals surface area contributed by atoms with Gasteiger partial charge in [0.15, 0.2) is 0 Å². The molecule has 28 heavy (non-hydrogen) atoms. The summed E-state index contributed by atoms with van der Waals surface area (Å²) < 4.78 is 12.4. The van der Waals surface area contributed by atoms with Gasteiger partial charge in [0.05, 0.1) is 30.9 Å². The molecule has 0 fully saturated rings. The maximum Gasteiger partial charge on any atom is 0.343 e. The van der Waals surface area contributed by atoms with E-state index in [0.29, 0.717) is 5.69 Å². The predicted molar refractivity (Wildman–Crippen MR) is 108 cm³/mol. The van der Waals surface area contributed by atoms with Gasteiger partial charge in [-0.1, -0.05) is 6.07 Å². The minimum absolute atomic E-state index is 0.0305. The molecule has 0 atom stereocenters. The molecule has 8 nitrogen and oxygen atoms in total. The number of hydrogen-bond acceptors (Lipinski definition) is 6. The minimum atomic E-state index is -1.13. The molecule has 1 aromatic heterocycles. The minimum Gasteiger partial charge on any atom is -0.496 e. The fourth-order valence-electron chi connectivity index (χ4n) is 3.00. The number of carboxylic acid groups (broad SMARTS) is 1. The molecule has 1 heterocycles. The van der Waals surface area contributed by atoms with Crippen LogP contribution in [0.2, 0.25) is 0 Å². The van der Waals surface area contributed by atoms with Crippen LogP contribution in [0.25, 0.3) is 22.3 Å². The van der Waals surface area contributed by atoms with Crippen LogP contribution in [0.5, 0.6) is 11.5 Å². The number of carbonyl (C=O) groups is 1. The number of aliphatic imine (C=N–C) groups is 1. The summed E-state index contributed by atoms with van der Waals surface area (Å²) in [5, 5.41) is 9.45. The molecule has 8 heteroatoms. The highest BCUT2D eigenvalue weighted by molar-refractivity contribution is 6.10. The van der Waals surface area contributed by atoms with Gasteiger partial charge in [-0.15, -0.1) is 0 Å². The first-order valence-electron chi connectivity index (χ1n) is 8.35. The lowest BCUT2D eigenvalue weighted by Gasteiger charge is -2.13. The molecule has 3 N–H and O–H groups in total. The lowest BCUT2D eigenvalue weighted by Crippen LogP contribution is -2.05. The predicted octanol–water partition coefficient (Wildman–Crippen LogP) is 2.74. The van der Waals surface area contributed by atoms with Crippen molar-refractivity contribution in [3.8, 4) is 17.2 Å². The van der Waals surface area contributed by atoms with Crippen molar-refractivity contribution in [1.82, 2.24) is 9.55 Å². The summed E-state index contributed by atoms with van der Waals surface area (Å²) >= 11 is 0. The van der Waals surface area contributed by atoms with Crippen LogP contribution < -0.4 is 15.2 Å². The molecule has 0 radical (unpaired) electrons. The van der Waals surface area contributed by atoms with Crippen LogP contribution in [0.15, 0.2) is 47.9 Å². The van der Waals surface area contributed by atoms with E-state index in [0.717, 1.165) is 22.2 Å². The number of fused-ring (bicyclic) bond motifs is 1. The molecule has 144 valence electrons. The molecule has 0 aliphatic rings. The van der Waals surface area contributed by atoms with Crippen molar-refractivity contribution < 1.29 is 19.4 Å². The second-order valence-corrected chi connectivity index (χ2v) is 5.86. The first kappa shape index (κ1) is 19.0. The van der Waals surface area contributed by atoms with Crippen molar-refractivity contribution in [1.29, 1.82) is 0 Å². The van der Waals surface area contributed by atoms with Crippen molar-refractivity contribution >= 4 is 28.8 Å². The van der Waals surface area contributed by atoms with Crippen molar-refractivity contribution in [2.75, 3.05) is 21.3 Å². The van der Waals surface area contributed by atoms with Gasteiger partial charge >= 0.3 is 5.97 Å². The summed E-state index contributed by atoms with van der Waals surface area (Å²) in [5.74, 6) is -0.722. The van der Waals surface area contributed by atoms with Gasteiger partial charge in [-0.2, -0.15) is 0 Å². The Bertz CT molecular complexity index is 1070. The highest BCUT2D eigenvalue weighted by Crippen LogP contribution is 2.33. The number of allylic oxidation sites excluding steroid dienone is 1. The van der Waals surface area contributed by atoms with Gasteiger partial charge in [0.2, 0.25) is 0 Å². The molecule has 0 amide bonds. The monoisotopic (exact) mass is 380 g/mol. The second kappa shape index (κ2) is 7.83. The fraction of sp³-hybridized carbons (Fsp3) is 0.150. The van der Waals surface area contributed by atoms with E-state index >= 15 is 0 Å². The largest absolute Gasteiger partial charge is 0.496 e. The molecule has 2 aromatic carbocycles. The van der Waals surface area contributed by atoms with Crippen molar-refractivity contribution in [3.05, 3.63) is 54.0 Å². The number of imidazole rings is 1. The Balaban J connectivity index is 2.16. The zero-order valence-electron chi connectivity index (χ0n) is 15.7. The summed E-state index contributed by atoms with van der Waals surface area (Å²) in [6.45, 7) is 0. The molecule has 0 aliphatic carbocycles. The molecule has 0 aliphatic heterocycles. The Morgan fingerprint density at radius 2 is 1.89 bits per heavy atom. The molecule has 0 saturated carbocycles. The van der Waals surface area contributed by atoms with Gasteiger partial charge in [-0.3, -0.25) is 9.56 Å². The summed E-state index contributed by atoms with van der Waals surface area (Å²) in [5.41, 5.74) is 9.58. The van der Waals surface area contributed by atoms with Crippen molar-refractivity contribution in [3.63, 3.8) is 0 Å². The Morgan fingerprint density at radius 1 is 1.21 bits per heavy atom. The van der Waals surface area contributed by atoms with Crippen LogP contribution in [-0.2, 0) is 0 Å². The van der Waals surface area contributed by atoms with E-state index in [1.54, 1.807) is 31.7 Å². The SMILES string of the molecule is CN=CC(=CN)c1ccc2c(c1)ncn2-c1cc(OC)c(C(=O)O)c(OC)c1. The maximum absolute atomic E-state index is 11.5. The number of carboxylic acids is 1. The Morgan fingerprint density at radius 3 is 2.43 bits per heavy atom. The Hall–Kier alpha value is -3.81. The van der Waals surface area contributed by atoms with E-state index in [2.05, 4.69) is 9.98 Å². The Kier molecular flexibility index (Phi) is 5.30. The summed E-state index contributed by atoms with van der Waals surface area (Å²) in [6, 6.07) is 9.01. The van der Waals surface area contributed by atoms with Crippen molar-refractivity contribution in [2.24, 2.45) is 10.7 Å². The van der Waals surface area contributed by atoms with E-state index in [1.807, 2.05) is 22.8 Å². The average molecular weight is 380 g/mol. The molecule has 3 rings (SSSR count). The van der Waals surface area contributed by atoms with Gasteiger partial charge in [-0.05, 0) is 17.7 Å². The quantitative estimate of drug-likeness (QED) is 0.636. The van der Waals surface area contributed by atoms with Crippen LogP contribution in [0.4, 0.5) is 0 Å². The van der Waals surface area contributed by atoms with E-state index in [-0.39, 0.29) is 17.1 Å². The number of methoxy groups -OCH3 is 2. The number of ether oxygens (including phenoxy) is 2. The van der Waals surface area contributed by atoms with Gasteiger partial charge in [0, 0.05) is 37.2 Å². The van der Waals surface area contributed by atoms with Gasteiger partial charge in [-0.25, -0.2) is 9.78 Å². The van der Waals surface area contributed by atoms with Crippen LogP contribution in [0.1, 0.15) is 15.9 Å². The van der Waals surface area contributed by atoms with E-state index < -0.39 is 5.97 Å². The van der Waals surface area contributed by atoms with Gasteiger partial charge in [0.25, 0.3) is 0 Å². The van der Waals surface area contributed by atoms with Gasteiger partial charge in [0.1, 0.15) is 23.4 Å². The second-order valence-electron chi connectivity index (χ2n) is 5.86. The third kappa shape index (κ3) is 3.27. The number of nitrogens with two attached hydrogens (primary N) is 1. The zero-order valence-corrected chi connectivity index (χ0v) is 15.7. The number of benzene rings is 2. The molecular weight excluding hydrogens is 360 g/mol. The van der Waals surface area contributed by atoms with Crippen molar-refractivity contribution in [2.45, 2.75) is 0 Å². The molecule has 3 aromatic rings. The van der Waals surface area contributed by atoms with Gasteiger partial charge < -0.3 is 20.3 Å². The van der Waals surface area contributed by atoms with Crippen LogP contribution in [0, 0.1) is 0 Å². The zero-order chi connectivity index (χ0) is 20.3. The highest BCUT2D eigenvalue weighted by atomic mass is 16.5.